The van der Waals surface area contributed by atoms with E-state index in [0.29, 0.717) is 19.6 Å². The van der Waals surface area contributed by atoms with E-state index in [-0.39, 0.29) is 5.91 Å². The molecule has 2 aromatic carbocycles. The highest BCUT2D eigenvalue weighted by molar-refractivity contribution is 7.98. The van der Waals surface area contributed by atoms with Gasteiger partial charge in [-0.05, 0) is 36.9 Å². The zero-order chi connectivity index (χ0) is 18.5. The van der Waals surface area contributed by atoms with Gasteiger partial charge >= 0.3 is 0 Å². The molecule has 0 N–H and O–H groups in total. The Morgan fingerprint density at radius 2 is 2.00 bits per heavy atom. The lowest BCUT2D eigenvalue weighted by Crippen LogP contribution is -2.19. The van der Waals surface area contributed by atoms with Crippen LogP contribution in [0.25, 0.3) is 10.2 Å². The van der Waals surface area contributed by atoms with Crippen molar-refractivity contribution in [3.63, 3.8) is 0 Å². The van der Waals surface area contributed by atoms with E-state index in [4.69, 9.17) is 4.74 Å². The molecular weight excluding hydrogens is 364 g/mol. The quantitative estimate of drug-likeness (QED) is 0.600. The number of thioether (sulfide) groups is 1. The van der Waals surface area contributed by atoms with E-state index in [1.807, 2.05) is 31.2 Å². The summed E-state index contributed by atoms with van der Waals surface area (Å²) in [6, 6.07) is 14.3. The molecule has 0 saturated carbocycles. The number of fused-ring (bicyclic) bond motifs is 1. The van der Waals surface area contributed by atoms with E-state index in [1.54, 1.807) is 30.2 Å². The van der Waals surface area contributed by atoms with Crippen molar-refractivity contribution in [3.8, 4) is 0 Å². The molecular formula is C20H22N2O2S2. The number of thiazole rings is 1. The number of benzene rings is 2. The number of ether oxygens (including phenoxy) is 1. The molecule has 4 nitrogen and oxygen atoms in total. The smallest absolute Gasteiger partial charge is 0.252 e. The summed E-state index contributed by atoms with van der Waals surface area (Å²) < 4.78 is 8.43. The highest BCUT2D eigenvalue weighted by Gasteiger charge is 2.09. The highest BCUT2D eigenvalue weighted by atomic mass is 32.2. The van der Waals surface area contributed by atoms with Crippen molar-refractivity contribution in [3.05, 3.63) is 58.4 Å². The number of carbonyl (C=O) groups excluding carboxylic acids is 1. The molecule has 1 heterocycles. The van der Waals surface area contributed by atoms with E-state index in [2.05, 4.69) is 34.0 Å². The number of methoxy groups -OCH3 is 1. The fourth-order valence-electron chi connectivity index (χ4n) is 2.69. The molecule has 3 rings (SSSR count). The predicted octanol–water partition coefficient (Wildman–Crippen LogP) is 4.05. The number of carbonyl (C=O) groups is 1. The molecule has 0 bridgehead atoms. The largest absolute Gasteiger partial charge is 0.383 e. The lowest BCUT2D eigenvalue weighted by Gasteiger charge is -2.04. The van der Waals surface area contributed by atoms with E-state index in [9.17, 15) is 4.79 Å². The Hall–Kier alpha value is -1.89. The molecule has 0 saturated heterocycles. The van der Waals surface area contributed by atoms with Gasteiger partial charge in [0.25, 0.3) is 5.91 Å². The van der Waals surface area contributed by atoms with Gasteiger partial charge in [0.15, 0.2) is 4.80 Å². The van der Waals surface area contributed by atoms with Crippen LogP contribution in [-0.4, -0.2) is 30.4 Å². The summed E-state index contributed by atoms with van der Waals surface area (Å²) in [4.78, 5) is 18.8. The average molecular weight is 387 g/mol. The van der Waals surface area contributed by atoms with Crippen LogP contribution in [0.3, 0.4) is 0 Å². The Morgan fingerprint density at radius 1 is 1.23 bits per heavy atom. The van der Waals surface area contributed by atoms with Crippen LogP contribution in [0.2, 0.25) is 0 Å². The van der Waals surface area contributed by atoms with Crippen molar-refractivity contribution in [1.82, 2.24) is 4.57 Å². The summed E-state index contributed by atoms with van der Waals surface area (Å²) in [7, 11) is 1.68. The van der Waals surface area contributed by atoms with Gasteiger partial charge in [-0.15, -0.1) is 11.8 Å². The summed E-state index contributed by atoms with van der Waals surface area (Å²) in [6.07, 6.45) is 2.37. The maximum atomic E-state index is 12.5. The first-order valence-electron chi connectivity index (χ1n) is 8.40. The van der Waals surface area contributed by atoms with Crippen molar-refractivity contribution in [1.29, 1.82) is 0 Å². The molecule has 0 fully saturated rings. The lowest BCUT2D eigenvalue weighted by atomic mass is 10.1. The van der Waals surface area contributed by atoms with Crippen LogP contribution in [0.5, 0.6) is 0 Å². The van der Waals surface area contributed by atoms with Crippen LogP contribution in [0, 0.1) is 6.92 Å². The van der Waals surface area contributed by atoms with E-state index in [1.165, 1.54) is 10.5 Å². The Morgan fingerprint density at radius 3 is 2.69 bits per heavy atom. The molecule has 136 valence electrons. The number of aromatic nitrogens is 1. The molecule has 0 aliphatic carbocycles. The molecule has 0 aliphatic rings. The Balaban J connectivity index is 1.96. The molecule has 0 unspecified atom stereocenters. The fraction of sp³-hybridized carbons (Fsp3) is 0.300. The molecule has 6 heteroatoms. The summed E-state index contributed by atoms with van der Waals surface area (Å²) >= 11 is 3.26. The standard InChI is InChI=1S/C20H22N2O2S2/c1-14-4-6-15(7-5-14)12-19(23)21-20-22(10-11-24-2)17-9-8-16(25-3)13-18(17)26-20/h4-9,13H,10-12H2,1-3H3. The third-order valence-electron chi connectivity index (χ3n) is 4.11. The van der Waals surface area contributed by atoms with Crippen molar-refractivity contribution < 1.29 is 9.53 Å². The van der Waals surface area contributed by atoms with Gasteiger partial charge in [0, 0.05) is 18.6 Å². The van der Waals surface area contributed by atoms with Gasteiger partial charge < -0.3 is 9.30 Å². The number of nitrogens with zero attached hydrogens (tertiary/aromatic N) is 2. The van der Waals surface area contributed by atoms with Crippen LogP contribution in [0.15, 0.2) is 52.4 Å². The topological polar surface area (TPSA) is 43.6 Å². The highest BCUT2D eigenvalue weighted by Crippen LogP contribution is 2.24. The van der Waals surface area contributed by atoms with Crippen molar-refractivity contribution in [2.24, 2.45) is 4.99 Å². The Kier molecular flexibility index (Phi) is 6.29. The fourth-order valence-corrected chi connectivity index (χ4v) is 4.32. The SMILES string of the molecule is COCCn1c(=NC(=O)Cc2ccc(C)cc2)sc2cc(SC)ccc21. The Bertz CT molecular complexity index is 972. The monoisotopic (exact) mass is 386 g/mol. The van der Waals surface area contributed by atoms with E-state index < -0.39 is 0 Å². The minimum atomic E-state index is -0.128. The van der Waals surface area contributed by atoms with Crippen LogP contribution in [-0.2, 0) is 22.5 Å². The van der Waals surface area contributed by atoms with Gasteiger partial charge in [-0.2, -0.15) is 4.99 Å². The minimum absolute atomic E-state index is 0.128. The maximum Gasteiger partial charge on any atom is 0.252 e. The normalized spacial score (nSPS) is 12.0. The molecule has 0 spiro atoms. The summed E-state index contributed by atoms with van der Waals surface area (Å²) in [6.45, 7) is 3.29. The summed E-state index contributed by atoms with van der Waals surface area (Å²) in [5.74, 6) is -0.128. The molecule has 26 heavy (non-hydrogen) atoms. The zero-order valence-electron chi connectivity index (χ0n) is 15.2. The third-order valence-corrected chi connectivity index (χ3v) is 5.87. The average Bonchev–Trinajstić information content (AvgIpc) is 2.97. The first-order chi connectivity index (χ1) is 12.6. The van der Waals surface area contributed by atoms with E-state index in [0.717, 1.165) is 20.6 Å². The number of hydrogen-bond acceptors (Lipinski definition) is 4. The molecule has 0 radical (unpaired) electrons. The van der Waals surface area contributed by atoms with Crippen LogP contribution in [0.1, 0.15) is 11.1 Å². The molecule has 1 amide bonds. The summed E-state index contributed by atoms with van der Waals surface area (Å²) in [5, 5.41) is 0. The number of hydrogen-bond donors (Lipinski definition) is 0. The number of amides is 1. The van der Waals surface area contributed by atoms with Gasteiger partial charge in [0.2, 0.25) is 0 Å². The van der Waals surface area contributed by atoms with Crippen molar-refractivity contribution >= 4 is 39.2 Å². The predicted molar refractivity (Wildman–Crippen MR) is 109 cm³/mol. The lowest BCUT2D eigenvalue weighted by molar-refractivity contribution is -0.117. The van der Waals surface area contributed by atoms with Crippen LogP contribution >= 0.6 is 23.1 Å². The molecule has 1 aromatic heterocycles. The van der Waals surface area contributed by atoms with Gasteiger partial charge in [0.1, 0.15) is 0 Å². The maximum absolute atomic E-state index is 12.5. The second kappa shape index (κ2) is 8.66. The second-order valence-electron chi connectivity index (χ2n) is 6.03. The second-order valence-corrected chi connectivity index (χ2v) is 7.92. The molecule has 0 atom stereocenters. The zero-order valence-corrected chi connectivity index (χ0v) is 16.8. The number of aryl methyl sites for hydroxylation is 1. The van der Waals surface area contributed by atoms with Crippen LogP contribution in [0.4, 0.5) is 0 Å². The summed E-state index contributed by atoms with van der Waals surface area (Å²) in [5.41, 5.74) is 3.26. The van der Waals surface area contributed by atoms with Gasteiger partial charge in [-0.25, -0.2) is 0 Å². The Labute approximate surface area is 161 Å². The first-order valence-corrected chi connectivity index (χ1v) is 10.4. The van der Waals surface area contributed by atoms with Gasteiger partial charge in [-0.1, -0.05) is 41.2 Å². The van der Waals surface area contributed by atoms with Gasteiger partial charge in [0.05, 0.1) is 23.2 Å². The first kappa shape index (κ1) is 18.9. The van der Waals surface area contributed by atoms with E-state index >= 15 is 0 Å². The number of rotatable bonds is 6. The molecule has 3 aromatic rings. The minimum Gasteiger partial charge on any atom is -0.383 e. The van der Waals surface area contributed by atoms with Crippen molar-refractivity contribution in [2.75, 3.05) is 20.0 Å². The van der Waals surface area contributed by atoms with Crippen molar-refractivity contribution in [2.45, 2.75) is 24.8 Å². The molecule has 0 aliphatic heterocycles. The van der Waals surface area contributed by atoms with Gasteiger partial charge in [-0.3, -0.25) is 4.79 Å². The van der Waals surface area contributed by atoms with Crippen LogP contribution < -0.4 is 4.80 Å². The third kappa shape index (κ3) is 4.44.